The van der Waals surface area contributed by atoms with Crippen LogP contribution in [0.3, 0.4) is 0 Å². The number of carbonyl (C=O) groups is 1. The molecule has 0 saturated carbocycles. The second-order valence-corrected chi connectivity index (χ2v) is 7.43. The third-order valence-corrected chi connectivity index (χ3v) is 5.44. The Morgan fingerprint density at radius 1 is 1.15 bits per heavy atom. The molecule has 1 atom stereocenters. The van der Waals surface area contributed by atoms with Crippen molar-refractivity contribution >= 4 is 11.6 Å². The van der Waals surface area contributed by atoms with Crippen LogP contribution in [0.1, 0.15) is 31.3 Å². The van der Waals surface area contributed by atoms with Gasteiger partial charge in [-0.15, -0.1) is 6.58 Å². The van der Waals surface area contributed by atoms with E-state index in [4.69, 9.17) is 14.0 Å². The van der Waals surface area contributed by atoms with E-state index in [1.807, 2.05) is 62.4 Å². The van der Waals surface area contributed by atoms with Crippen LogP contribution < -0.4 is 14.8 Å². The first-order chi connectivity index (χ1) is 16.0. The number of allylic oxidation sites excluding steroid dienone is 1. The summed E-state index contributed by atoms with van der Waals surface area (Å²) in [6.07, 6.45) is 1.67. The van der Waals surface area contributed by atoms with E-state index in [0.29, 0.717) is 24.9 Å². The predicted molar refractivity (Wildman–Crippen MR) is 125 cm³/mol. The number of benzene rings is 2. The fourth-order valence-corrected chi connectivity index (χ4v) is 3.77. The molecule has 2 heterocycles. The van der Waals surface area contributed by atoms with Gasteiger partial charge in [0.25, 0.3) is 5.89 Å². The zero-order valence-corrected chi connectivity index (χ0v) is 18.9. The SMILES string of the molecule is C=CCN1C(=O)NC(c2ccc(OC)cc2)C(c2nc(-c3ccc(OCC)cc3)no2)=C1C. The summed E-state index contributed by atoms with van der Waals surface area (Å²) in [5.74, 6) is 2.30. The van der Waals surface area contributed by atoms with Gasteiger partial charge in [-0.3, -0.25) is 4.90 Å². The van der Waals surface area contributed by atoms with Gasteiger partial charge in [-0.25, -0.2) is 4.79 Å². The van der Waals surface area contributed by atoms with Crippen molar-refractivity contribution in [2.75, 3.05) is 20.3 Å². The number of rotatable bonds is 8. The quantitative estimate of drug-likeness (QED) is 0.499. The number of aromatic nitrogens is 2. The van der Waals surface area contributed by atoms with E-state index in [9.17, 15) is 4.79 Å². The van der Waals surface area contributed by atoms with Gasteiger partial charge in [-0.05, 0) is 55.8 Å². The minimum atomic E-state index is -0.460. The molecular formula is C25H26N4O4. The molecule has 0 spiro atoms. The lowest BCUT2D eigenvalue weighted by Crippen LogP contribution is -2.46. The van der Waals surface area contributed by atoms with Crippen LogP contribution in [0.25, 0.3) is 17.0 Å². The zero-order valence-electron chi connectivity index (χ0n) is 18.9. The molecule has 8 heteroatoms. The maximum Gasteiger partial charge on any atom is 0.322 e. The molecule has 3 aromatic rings. The zero-order chi connectivity index (χ0) is 23.4. The van der Waals surface area contributed by atoms with Gasteiger partial charge in [0.2, 0.25) is 5.82 Å². The smallest absolute Gasteiger partial charge is 0.322 e. The van der Waals surface area contributed by atoms with Crippen molar-refractivity contribution in [3.8, 4) is 22.9 Å². The average molecular weight is 447 g/mol. The molecule has 0 fully saturated rings. The van der Waals surface area contributed by atoms with Crippen LogP contribution >= 0.6 is 0 Å². The Hall–Kier alpha value is -4.07. The lowest BCUT2D eigenvalue weighted by atomic mass is 9.94. The minimum Gasteiger partial charge on any atom is -0.497 e. The van der Waals surface area contributed by atoms with Crippen LogP contribution in [0, 0.1) is 0 Å². The number of amides is 2. The van der Waals surface area contributed by atoms with Crippen molar-refractivity contribution in [1.82, 2.24) is 20.4 Å². The molecule has 4 rings (SSSR count). The highest BCUT2D eigenvalue weighted by Crippen LogP contribution is 2.37. The van der Waals surface area contributed by atoms with Crippen molar-refractivity contribution in [3.05, 3.63) is 78.3 Å². The molecule has 170 valence electrons. The van der Waals surface area contributed by atoms with E-state index >= 15 is 0 Å². The van der Waals surface area contributed by atoms with E-state index in [1.165, 1.54) is 0 Å². The van der Waals surface area contributed by atoms with Crippen LogP contribution in [0.4, 0.5) is 4.79 Å². The standard InChI is InChI=1S/C25H26N4O4/c1-5-15-29-16(3)21(22(26-25(29)30)17-7-11-19(31-4)12-8-17)24-27-23(28-33-24)18-9-13-20(14-10-18)32-6-2/h5,7-14,22H,1,6,15H2,2-4H3,(H,26,30). The molecule has 33 heavy (non-hydrogen) atoms. The summed E-state index contributed by atoms with van der Waals surface area (Å²) < 4.78 is 16.5. The highest BCUT2D eigenvalue weighted by Gasteiger charge is 2.35. The van der Waals surface area contributed by atoms with E-state index in [-0.39, 0.29) is 6.03 Å². The highest BCUT2D eigenvalue weighted by atomic mass is 16.5. The van der Waals surface area contributed by atoms with Crippen LogP contribution in [0.2, 0.25) is 0 Å². The minimum absolute atomic E-state index is 0.219. The van der Waals surface area contributed by atoms with Crippen molar-refractivity contribution in [2.24, 2.45) is 0 Å². The molecule has 1 aliphatic rings. The van der Waals surface area contributed by atoms with Gasteiger partial charge in [0.05, 0.1) is 25.3 Å². The number of urea groups is 1. The maximum atomic E-state index is 12.8. The first kappa shape index (κ1) is 22.1. The largest absolute Gasteiger partial charge is 0.497 e. The van der Waals surface area contributed by atoms with Gasteiger partial charge < -0.3 is 19.3 Å². The molecule has 0 radical (unpaired) electrons. The number of methoxy groups -OCH3 is 1. The van der Waals surface area contributed by atoms with Crippen LogP contribution in [0.15, 0.2) is 71.4 Å². The average Bonchev–Trinajstić information content (AvgIpc) is 3.32. The Balaban J connectivity index is 1.75. The number of nitrogens with zero attached hydrogens (tertiary/aromatic N) is 3. The summed E-state index contributed by atoms with van der Waals surface area (Å²) in [6.45, 7) is 8.52. The molecule has 1 aliphatic heterocycles. The molecule has 2 aromatic carbocycles. The summed E-state index contributed by atoms with van der Waals surface area (Å²) >= 11 is 0. The van der Waals surface area contributed by atoms with E-state index in [0.717, 1.165) is 33.9 Å². The highest BCUT2D eigenvalue weighted by molar-refractivity contribution is 5.87. The van der Waals surface area contributed by atoms with Gasteiger partial charge in [0.1, 0.15) is 11.5 Å². The number of ether oxygens (including phenoxy) is 2. The van der Waals surface area contributed by atoms with Gasteiger partial charge >= 0.3 is 6.03 Å². The fraction of sp³-hybridized carbons (Fsp3) is 0.240. The lowest BCUT2D eigenvalue weighted by Gasteiger charge is -2.34. The topological polar surface area (TPSA) is 89.7 Å². The molecular weight excluding hydrogens is 420 g/mol. The predicted octanol–water partition coefficient (Wildman–Crippen LogP) is 4.83. The van der Waals surface area contributed by atoms with Crippen molar-refractivity contribution in [2.45, 2.75) is 19.9 Å². The first-order valence-corrected chi connectivity index (χ1v) is 10.7. The molecule has 1 unspecified atom stereocenters. The third-order valence-electron chi connectivity index (χ3n) is 5.44. The third kappa shape index (κ3) is 4.45. The maximum absolute atomic E-state index is 12.8. The second kappa shape index (κ2) is 9.60. The van der Waals surface area contributed by atoms with E-state index in [2.05, 4.69) is 22.0 Å². The Kier molecular flexibility index (Phi) is 6.44. The normalized spacial score (nSPS) is 15.9. The van der Waals surface area contributed by atoms with Crippen LogP contribution in [0.5, 0.6) is 11.5 Å². The summed E-state index contributed by atoms with van der Waals surface area (Å²) in [5.41, 5.74) is 3.13. The number of nitrogens with one attached hydrogen (secondary N) is 1. The van der Waals surface area contributed by atoms with E-state index < -0.39 is 6.04 Å². The second-order valence-electron chi connectivity index (χ2n) is 7.43. The monoisotopic (exact) mass is 446 g/mol. The van der Waals surface area contributed by atoms with E-state index in [1.54, 1.807) is 18.1 Å². The van der Waals surface area contributed by atoms with Gasteiger partial charge in [-0.1, -0.05) is 23.4 Å². The lowest BCUT2D eigenvalue weighted by molar-refractivity contribution is 0.209. The fourth-order valence-electron chi connectivity index (χ4n) is 3.77. The van der Waals surface area contributed by atoms with Gasteiger partial charge in [0.15, 0.2) is 0 Å². The Morgan fingerprint density at radius 3 is 2.48 bits per heavy atom. The molecule has 1 aromatic heterocycles. The Bertz CT molecular complexity index is 1170. The summed E-state index contributed by atoms with van der Waals surface area (Å²) in [4.78, 5) is 19.1. The number of carbonyl (C=O) groups excluding carboxylic acids is 1. The van der Waals surface area contributed by atoms with Crippen molar-refractivity contribution in [1.29, 1.82) is 0 Å². The molecule has 0 saturated heterocycles. The molecule has 0 bridgehead atoms. The van der Waals surface area contributed by atoms with Crippen LogP contribution in [-0.4, -0.2) is 41.3 Å². The van der Waals surface area contributed by atoms with Crippen molar-refractivity contribution < 1.29 is 18.8 Å². The molecule has 8 nitrogen and oxygen atoms in total. The van der Waals surface area contributed by atoms with Gasteiger partial charge in [-0.2, -0.15) is 4.98 Å². The van der Waals surface area contributed by atoms with Crippen molar-refractivity contribution in [3.63, 3.8) is 0 Å². The molecule has 2 amide bonds. The van der Waals surface area contributed by atoms with Crippen LogP contribution in [-0.2, 0) is 0 Å². The summed E-state index contributed by atoms with van der Waals surface area (Å²) in [6, 6.07) is 14.3. The Morgan fingerprint density at radius 2 is 1.85 bits per heavy atom. The van der Waals surface area contributed by atoms with Gasteiger partial charge in [0, 0.05) is 17.8 Å². The molecule has 0 aliphatic carbocycles. The number of hydrogen-bond acceptors (Lipinski definition) is 6. The molecule has 1 N–H and O–H groups in total. The summed E-state index contributed by atoms with van der Waals surface area (Å²) in [7, 11) is 1.61. The number of hydrogen-bond donors (Lipinski definition) is 1. The Labute approximate surface area is 192 Å². The first-order valence-electron chi connectivity index (χ1n) is 10.7. The summed E-state index contributed by atoms with van der Waals surface area (Å²) in [5, 5.41) is 7.24.